The van der Waals surface area contributed by atoms with Gasteiger partial charge in [-0.3, -0.25) is 4.90 Å². The van der Waals surface area contributed by atoms with Crippen molar-refractivity contribution >= 4 is 11.6 Å². The molecule has 2 amide bonds. The second-order valence-corrected chi connectivity index (χ2v) is 8.33. The zero-order valence-electron chi connectivity index (χ0n) is 18.2. The van der Waals surface area contributed by atoms with E-state index >= 15 is 0 Å². The van der Waals surface area contributed by atoms with E-state index in [1.807, 2.05) is 68.4 Å². The predicted molar refractivity (Wildman–Crippen MR) is 120 cm³/mol. The Hall–Kier alpha value is -3.45. The number of aryl methyl sites for hydroxylation is 1. The minimum atomic E-state index is -0.379. The first-order chi connectivity index (χ1) is 15.6. The summed E-state index contributed by atoms with van der Waals surface area (Å²) in [6, 6.07) is 17.3. The third kappa shape index (κ3) is 3.91. The van der Waals surface area contributed by atoms with Gasteiger partial charge in [0.2, 0.25) is 5.82 Å². The Labute approximate surface area is 187 Å². The molecule has 164 valence electrons. The predicted octanol–water partition coefficient (Wildman–Crippen LogP) is 4.72. The van der Waals surface area contributed by atoms with Crippen LogP contribution in [-0.4, -0.2) is 40.3 Å². The molecule has 32 heavy (non-hydrogen) atoms. The first kappa shape index (κ1) is 20.5. The van der Waals surface area contributed by atoms with E-state index in [-0.39, 0.29) is 18.2 Å². The molecule has 0 radical (unpaired) electrons. The number of hydrogen-bond acceptors (Lipinski definition) is 5. The van der Waals surface area contributed by atoms with E-state index in [1.54, 1.807) is 4.90 Å². The number of carbonyl (C=O) groups is 1. The molecule has 2 aliphatic rings. The maximum atomic E-state index is 13.1. The van der Waals surface area contributed by atoms with Crippen molar-refractivity contribution in [3.05, 3.63) is 77.3 Å². The molecule has 7 nitrogen and oxygen atoms in total. The van der Waals surface area contributed by atoms with Gasteiger partial charge in [0.25, 0.3) is 5.89 Å². The zero-order valence-corrected chi connectivity index (χ0v) is 18.2. The molecule has 0 saturated carbocycles. The summed E-state index contributed by atoms with van der Waals surface area (Å²) in [5.41, 5.74) is 4.62. The molecule has 1 fully saturated rings. The number of aromatic nitrogens is 2. The monoisotopic (exact) mass is 430 g/mol. The van der Waals surface area contributed by atoms with E-state index in [0.717, 1.165) is 41.8 Å². The molecule has 0 spiro atoms. The Morgan fingerprint density at radius 3 is 2.59 bits per heavy atom. The van der Waals surface area contributed by atoms with Crippen LogP contribution in [-0.2, 0) is 4.74 Å². The summed E-state index contributed by atoms with van der Waals surface area (Å²) in [7, 11) is 0. The molecule has 7 heteroatoms. The Balaban J connectivity index is 1.56. The molecule has 0 bridgehead atoms. The highest BCUT2D eigenvalue weighted by Crippen LogP contribution is 2.37. The van der Waals surface area contributed by atoms with E-state index < -0.39 is 0 Å². The van der Waals surface area contributed by atoms with Crippen LogP contribution in [0.1, 0.15) is 42.8 Å². The molecule has 3 aromatic rings. The lowest BCUT2D eigenvalue weighted by atomic mass is 9.94. The SMILES string of the molecule is CC1=C(c2nc(-c3ccc(C)cc3)no2)C(c2ccccc2)NC(=O)N1CC1CCCO1. The van der Waals surface area contributed by atoms with Gasteiger partial charge in [-0.15, -0.1) is 0 Å². The molecule has 0 aliphatic carbocycles. The largest absolute Gasteiger partial charge is 0.376 e. The number of nitrogens with one attached hydrogen (secondary N) is 1. The van der Waals surface area contributed by atoms with E-state index in [9.17, 15) is 4.79 Å². The van der Waals surface area contributed by atoms with E-state index in [1.165, 1.54) is 5.56 Å². The van der Waals surface area contributed by atoms with Gasteiger partial charge in [-0.1, -0.05) is 65.3 Å². The molecular weight excluding hydrogens is 404 g/mol. The van der Waals surface area contributed by atoms with Crippen LogP contribution in [0.4, 0.5) is 4.79 Å². The fraction of sp³-hybridized carbons (Fsp3) is 0.320. The van der Waals surface area contributed by atoms with Crippen molar-refractivity contribution < 1.29 is 14.1 Å². The molecular formula is C25H26N4O3. The van der Waals surface area contributed by atoms with Crippen LogP contribution >= 0.6 is 0 Å². The van der Waals surface area contributed by atoms with Crippen LogP contribution in [0.15, 0.2) is 64.8 Å². The molecule has 1 saturated heterocycles. The van der Waals surface area contributed by atoms with Gasteiger partial charge in [-0.25, -0.2) is 4.79 Å². The zero-order chi connectivity index (χ0) is 22.1. The minimum absolute atomic E-state index is 0.0380. The van der Waals surface area contributed by atoms with Crippen LogP contribution in [0.5, 0.6) is 0 Å². The highest BCUT2D eigenvalue weighted by Gasteiger charge is 2.37. The Morgan fingerprint density at radius 2 is 1.88 bits per heavy atom. The van der Waals surface area contributed by atoms with Crippen molar-refractivity contribution in [1.82, 2.24) is 20.4 Å². The number of urea groups is 1. The summed E-state index contributed by atoms with van der Waals surface area (Å²) in [6.07, 6.45) is 2.01. The number of rotatable bonds is 5. The van der Waals surface area contributed by atoms with Crippen LogP contribution in [0.2, 0.25) is 0 Å². The van der Waals surface area contributed by atoms with Gasteiger partial charge in [0.05, 0.1) is 24.3 Å². The lowest BCUT2D eigenvalue weighted by Gasteiger charge is -2.36. The fourth-order valence-electron chi connectivity index (χ4n) is 4.32. The Bertz CT molecular complexity index is 1130. The highest BCUT2D eigenvalue weighted by molar-refractivity contribution is 5.86. The first-order valence-electron chi connectivity index (χ1n) is 11.0. The average Bonchev–Trinajstić information content (AvgIpc) is 3.50. The maximum Gasteiger partial charge on any atom is 0.322 e. The van der Waals surface area contributed by atoms with Crippen molar-refractivity contribution in [3.63, 3.8) is 0 Å². The van der Waals surface area contributed by atoms with Crippen LogP contribution < -0.4 is 5.32 Å². The Morgan fingerprint density at radius 1 is 1.09 bits per heavy atom. The van der Waals surface area contributed by atoms with Gasteiger partial charge < -0.3 is 14.6 Å². The van der Waals surface area contributed by atoms with Crippen molar-refractivity contribution in [2.24, 2.45) is 0 Å². The summed E-state index contributed by atoms with van der Waals surface area (Å²) >= 11 is 0. The van der Waals surface area contributed by atoms with Crippen LogP contribution in [0.25, 0.3) is 17.0 Å². The van der Waals surface area contributed by atoms with E-state index in [2.05, 4.69) is 10.5 Å². The molecule has 1 aromatic heterocycles. The maximum absolute atomic E-state index is 13.1. The molecule has 1 N–H and O–H groups in total. The lowest BCUT2D eigenvalue weighted by Crippen LogP contribution is -2.48. The normalized spacial score (nSPS) is 21.2. The molecule has 5 rings (SSSR count). The summed E-state index contributed by atoms with van der Waals surface area (Å²) in [5.74, 6) is 0.930. The third-order valence-electron chi connectivity index (χ3n) is 6.11. The second-order valence-electron chi connectivity index (χ2n) is 8.33. The minimum Gasteiger partial charge on any atom is -0.376 e. The topological polar surface area (TPSA) is 80.5 Å². The molecule has 2 atom stereocenters. The van der Waals surface area contributed by atoms with Crippen molar-refractivity contribution in [2.75, 3.05) is 13.2 Å². The summed E-state index contributed by atoms with van der Waals surface area (Å²) in [6.45, 7) is 5.22. The number of benzene rings is 2. The third-order valence-corrected chi connectivity index (χ3v) is 6.11. The average molecular weight is 431 g/mol. The standard InChI is InChI=1S/C25H26N4O3/c1-16-10-12-19(13-11-16)23-27-24(32-28-23)21-17(2)29(15-20-9-6-14-31-20)25(30)26-22(21)18-7-4-3-5-8-18/h3-5,7-8,10-13,20,22H,6,9,14-15H2,1-2H3,(H,26,30). The van der Waals surface area contributed by atoms with Crippen molar-refractivity contribution in [3.8, 4) is 11.4 Å². The van der Waals surface area contributed by atoms with Gasteiger partial charge in [0, 0.05) is 17.9 Å². The second kappa shape index (κ2) is 8.59. The molecule has 2 aromatic carbocycles. The van der Waals surface area contributed by atoms with Gasteiger partial charge in [0.15, 0.2) is 0 Å². The van der Waals surface area contributed by atoms with Gasteiger partial charge >= 0.3 is 6.03 Å². The number of allylic oxidation sites excluding steroid dienone is 1. The van der Waals surface area contributed by atoms with Crippen molar-refractivity contribution in [2.45, 2.75) is 38.8 Å². The number of carbonyl (C=O) groups excluding carboxylic acids is 1. The molecule has 3 heterocycles. The van der Waals surface area contributed by atoms with Crippen molar-refractivity contribution in [1.29, 1.82) is 0 Å². The molecule has 2 aliphatic heterocycles. The quantitative estimate of drug-likeness (QED) is 0.633. The summed E-state index contributed by atoms with van der Waals surface area (Å²) < 4.78 is 11.5. The van der Waals surface area contributed by atoms with Crippen LogP contribution in [0.3, 0.4) is 0 Å². The Kier molecular flexibility index (Phi) is 5.49. The lowest BCUT2D eigenvalue weighted by molar-refractivity contribution is 0.0877. The number of ether oxygens (including phenoxy) is 1. The first-order valence-corrected chi connectivity index (χ1v) is 11.0. The fourth-order valence-corrected chi connectivity index (χ4v) is 4.32. The highest BCUT2D eigenvalue weighted by atomic mass is 16.5. The summed E-state index contributed by atoms with van der Waals surface area (Å²) in [5, 5.41) is 7.36. The number of amides is 2. The van der Waals surface area contributed by atoms with Gasteiger partial charge in [-0.05, 0) is 32.3 Å². The number of nitrogens with zero attached hydrogens (tertiary/aromatic N) is 3. The molecule has 2 unspecified atom stereocenters. The summed E-state index contributed by atoms with van der Waals surface area (Å²) in [4.78, 5) is 19.5. The van der Waals surface area contributed by atoms with Gasteiger partial charge in [-0.2, -0.15) is 4.98 Å². The van der Waals surface area contributed by atoms with E-state index in [0.29, 0.717) is 18.3 Å². The van der Waals surface area contributed by atoms with E-state index in [4.69, 9.17) is 14.2 Å². The van der Waals surface area contributed by atoms with Gasteiger partial charge in [0.1, 0.15) is 0 Å². The smallest absolute Gasteiger partial charge is 0.322 e. The van der Waals surface area contributed by atoms with Crippen LogP contribution in [0, 0.1) is 6.92 Å². The number of hydrogen-bond donors (Lipinski definition) is 1.